The van der Waals surface area contributed by atoms with E-state index in [4.69, 9.17) is 0 Å². The zero-order valence-corrected chi connectivity index (χ0v) is 15.7. The number of rotatable bonds is 2. The predicted molar refractivity (Wildman–Crippen MR) is 112 cm³/mol. The summed E-state index contributed by atoms with van der Waals surface area (Å²) in [4.78, 5) is 2.31. The summed E-state index contributed by atoms with van der Waals surface area (Å²) in [6, 6.07) is 26.4. The van der Waals surface area contributed by atoms with Gasteiger partial charge in [0.25, 0.3) is 0 Å². The molecular formula is C25H25N. The van der Waals surface area contributed by atoms with Crippen LogP contribution in [0, 0.1) is 0 Å². The minimum atomic E-state index is 0.187. The Bertz CT molecular complexity index is 942. The van der Waals surface area contributed by atoms with Crippen LogP contribution < -0.4 is 4.90 Å². The molecule has 1 aliphatic rings. The van der Waals surface area contributed by atoms with Crippen LogP contribution in [-0.4, -0.2) is 0 Å². The number of nitrogens with zero attached hydrogens (tertiary/aromatic N) is 1. The van der Waals surface area contributed by atoms with Crippen LogP contribution in [-0.2, 0) is 12.0 Å². The summed E-state index contributed by atoms with van der Waals surface area (Å²) in [5.41, 5.74) is 8.00. The highest BCUT2D eigenvalue weighted by atomic mass is 15.1. The third kappa shape index (κ3) is 3.30. The van der Waals surface area contributed by atoms with Crippen LogP contribution in [0.3, 0.4) is 0 Å². The lowest BCUT2D eigenvalue weighted by atomic mass is 9.86. The van der Waals surface area contributed by atoms with Gasteiger partial charge in [0.15, 0.2) is 0 Å². The van der Waals surface area contributed by atoms with E-state index in [9.17, 15) is 0 Å². The molecule has 1 heteroatoms. The minimum Gasteiger partial charge on any atom is -0.343 e. The van der Waals surface area contributed by atoms with Gasteiger partial charge in [-0.25, -0.2) is 0 Å². The Kier molecular flexibility index (Phi) is 4.16. The molecule has 1 nitrogen and oxygen atoms in total. The van der Waals surface area contributed by atoms with Gasteiger partial charge in [-0.05, 0) is 51.4 Å². The number of hydrogen-bond acceptors (Lipinski definition) is 1. The monoisotopic (exact) mass is 339 g/mol. The molecule has 0 saturated carbocycles. The van der Waals surface area contributed by atoms with Crippen molar-refractivity contribution in [3.63, 3.8) is 0 Å². The molecule has 0 fully saturated rings. The van der Waals surface area contributed by atoms with Gasteiger partial charge in [-0.2, -0.15) is 0 Å². The second kappa shape index (κ2) is 6.49. The van der Waals surface area contributed by atoms with E-state index in [0.29, 0.717) is 0 Å². The van der Waals surface area contributed by atoms with E-state index < -0.39 is 0 Å². The number of anilines is 1. The molecule has 130 valence electrons. The van der Waals surface area contributed by atoms with Gasteiger partial charge in [-0.3, -0.25) is 0 Å². The summed E-state index contributed by atoms with van der Waals surface area (Å²) in [6.45, 7) is 7.68. The zero-order valence-electron chi connectivity index (χ0n) is 15.7. The first-order valence-corrected chi connectivity index (χ1v) is 9.24. The first kappa shape index (κ1) is 16.7. The molecule has 3 aromatic rings. The molecule has 0 amide bonds. The Morgan fingerprint density at radius 1 is 0.769 bits per heavy atom. The van der Waals surface area contributed by atoms with Gasteiger partial charge in [0, 0.05) is 18.4 Å². The van der Waals surface area contributed by atoms with E-state index in [1.807, 2.05) is 0 Å². The predicted octanol–water partition coefficient (Wildman–Crippen LogP) is 6.64. The second-order valence-electron chi connectivity index (χ2n) is 8.02. The molecular weight excluding hydrogens is 314 g/mol. The average molecular weight is 339 g/mol. The van der Waals surface area contributed by atoms with Gasteiger partial charge in [0.1, 0.15) is 0 Å². The maximum absolute atomic E-state index is 2.31. The lowest BCUT2D eigenvalue weighted by molar-refractivity contribution is 0.590. The molecule has 0 bridgehead atoms. The minimum absolute atomic E-state index is 0.187. The van der Waals surface area contributed by atoms with Crippen LogP contribution in [0.4, 0.5) is 5.69 Å². The first-order chi connectivity index (χ1) is 12.5. The zero-order chi connectivity index (χ0) is 18.1. The van der Waals surface area contributed by atoms with Crippen LogP contribution in [0.2, 0.25) is 0 Å². The smallest absolute Gasteiger partial charge is 0.0481 e. The lowest BCUT2D eigenvalue weighted by Gasteiger charge is -2.26. The molecule has 0 unspecified atom stereocenters. The molecule has 1 heterocycles. The summed E-state index contributed by atoms with van der Waals surface area (Å²) in [5, 5.41) is 0. The molecule has 0 N–H and O–H groups in total. The van der Waals surface area contributed by atoms with E-state index in [1.165, 1.54) is 33.5 Å². The molecule has 0 atom stereocenters. The van der Waals surface area contributed by atoms with Crippen LogP contribution in [0.25, 0.3) is 17.2 Å². The van der Waals surface area contributed by atoms with Crippen molar-refractivity contribution in [2.75, 3.05) is 4.90 Å². The topological polar surface area (TPSA) is 3.24 Å². The highest BCUT2D eigenvalue weighted by Gasteiger charge is 2.14. The maximum atomic E-state index is 2.31. The summed E-state index contributed by atoms with van der Waals surface area (Å²) in [6.07, 6.45) is 4.38. The fourth-order valence-electron chi connectivity index (χ4n) is 3.45. The second-order valence-corrected chi connectivity index (χ2v) is 8.02. The fourth-order valence-corrected chi connectivity index (χ4v) is 3.45. The van der Waals surface area contributed by atoms with E-state index in [0.717, 1.165) is 6.54 Å². The lowest BCUT2D eigenvalue weighted by Crippen LogP contribution is -2.18. The molecule has 3 aromatic carbocycles. The molecule has 0 radical (unpaired) electrons. The van der Waals surface area contributed by atoms with Crippen molar-refractivity contribution in [3.8, 4) is 11.1 Å². The molecule has 0 aliphatic carbocycles. The quantitative estimate of drug-likeness (QED) is 0.506. The van der Waals surface area contributed by atoms with Gasteiger partial charge in [-0.1, -0.05) is 81.4 Å². The number of hydrogen-bond donors (Lipinski definition) is 0. The van der Waals surface area contributed by atoms with E-state index in [2.05, 4.69) is 111 Å². The van der Waals surface area contributed by atoms with Crippen molar-refractivity contribution in [2.24, 2.45) is 0 Å². The van der Waals surface area contributed by atoms with Crippen molar-refractivity contribution >= 4 is 11.8 Å². The molecule has 0 spiro atoms. The summed E-state index contributed by atoms with van der Waals surface area (Å²) >= 11 is 0. The largest absolute Gasteiger partial charge is 0.343 e. The van der Waals surface area contributed by atoms with Crippen LogP contribution in [0.15, 0.2) is 79.0 Å². The normalized spacial score (nSPS) is 13.6. The summed E-state index contributed by atoms with van der Waals surface area (Å²) < 4.78 is 0. The Labute approximate surface area is 156 Å². The van der Waals surface area contributed by atoms with Crippen molar-refractivity contribution < 1.29 is 0 Å². The molecule has 26 heavy (non-hydrogen) atoms. The molecule has 0 aromatic heterocycles. The number of benzene rings is 3. The van der Waals surface area contributed by atoms with E-state index in [1.54, 1.807) is 0 Å². The van der Waals surface area contributed by atoms with Gasteiger partial charge in [-0.15, -0.1) is 0 Å². The molecule has 0 saturated heterocycles. The SMILES string of the molecule is CC(C)(C)c1ccc(-c2cccc(N3C=Cc4ccccc4C3)c2)cc1. The van der Waals surface area contributed by atoms with Crippen molar-refractivity contribution in [2.45, 2.75) is 32.7 Å². The maximum Gasteiger partial charge on any atom is 0.0481 e. The average Bonchev–Trinajstić information content (AvgIpc) is 2.67. The Balaban J connectivity index is 1.62. The van der Waals surface area contributed by atoms with E-state index >= 15 is 0 Å². The van der Waals surface area contributed by atoms with Crippen LogP contribution in [0.5, 0.6) is 0 Å². The van der Waals surface area contributed by atoms with Gasteiger partial charge in [0.05, 0.1) is 0 Å². The van der Waals surface area contributed by atoms with Gasteiger partial charge in [0.2, 0.25) is 0 Å². The van der Waals surface area contributed by atoms with Crippen LogP contribution in [0.1, 0.15) is 37.5 Å². The fraction of sp³-hybridized carbons (Fsp3) is 0.200. The number of fused-ring (bicyclic) bond motifs is 1. The van der Waals surface area contributed by atoms with Crippen LogP contribution >= 0.6 is 0 Å². The summed E-state index contributed by atoms with van der Waals surface area (Å²) in [5.74, 6) is 0. The van der Waals surface area contributed by atoms with Crippen molar-refractivity contribution in [3.05, 3.63) is 95.7 Å². The van der Waals surface area contributed by atoms with E-state index in [-0.39, 0.29) is 5.41 Å². The molecule has 1 aliphatic heterocycles. The van der Waals surface area contributed by atoms with Crippen molar-refractivity contribution in [1.82, 2.24) is 0 Å². The highest BCUT2D eigenvalue weighted by molar-refractivity contribution is 5.71. The highest BCUT2D eigenvalue weighted by Crippen LogP contribution is 2.30. The first-order valence-electron chi connectivity index (χ1n) is 9.24. The van der Waals surface area contributed by atoms with Crippen molar-refractivity contribution in [1.29, 1.82) is 0 Å². The summed E-state index contributed by atoms with van der Waals surface area (Å²) in [7, 11) is 0. The standard InChI is InChI=1S/C25H25N/c1-25(2,3)23-13-11-20(12-14-23)21-9-6-10-24(17-21)26-16-15-19-7-4-5-8-22(19)18-26/h4-17H,18H2,1-3H3. The Morgan fingerprint density at radius 3 is 2.31 bits per heavy atom. The van der Waals surface area contributed by atoms with Gasteiger partial charge >= 0.3 is 0 Å². The Morgan fingerprint density at radius 2 is 1.54 bits per heavy atom. The third-order valence-corrected chi connectivity index (χ3v) is 5.09. The van der Waals surface area contributed by atoms with Gasteiger partial charge < -0.3 is 4.90 Å². The Hall–Kier alpha value is -2.80. The third-order valence-electron chi connectivity index (χ3n) is 5.09. The molecule has 4 rings (SSSR count).